The van der Waals surface area contributed by atoms with Gasteiger partial charge in [0.05, 0.1) is 6.10 Å². The number of rotatable bonds is 7. The van der Waals surface area contributed by atoms with Gasteiger partial charge in [0.2, 0.25) is 0 Å². The van der Waals surface area contributed by atoms with Crippen LogP contribution in [0, 0.1) is 12.8 Å². The van der Waals surface area contributed by atoms with E-state index in [4.69, 9.17) is 4.74 Å². The Balaban J connectivity index is 1.29. The molecule has 0 aromatic heterocycles. The molecule has 3 aliphatic rings. The predicted octanol–water partition coefficient (Wildman–Crippen LogP) is 3.78. The number of aryl methyl sites for hydroxylation is 1. The Morgan fingerprint density at radius 2 is 1.72 bits per heavy atom. The van der Waals surface area contributed by atoms with Crippen LogP contribution < -0.4 is 0 Å². The number of likely N-dealkylation sites (tertiary alicyclic amines) is 2. The minimum absolute atomic E-state index is 0.482. The van der Waals surface area contributed by atoms with Crippen molar-refractivity contribution < 1.29 is 4.74 Å². The Morgan fingerprint density at radius 3 is 2.41 bits per heavy atom. The van der Waals surface area contributed by atoms with Crippen LogP contribution in [0.25, 0.3) is 0 Å². The molecule has 0 saturated carbocycles. The monoisotopic (exact) mass is 399 g/mol. The molecule has 1 aromatic rings. The van der Waals surface area contributed by atoms with E-state index in [1.165, 1.54) is 82.4 Å². The maximum Gasteiger partial charge on any atom is 0.0702 e. The first kappa shape index (κ1) is 21.3. The zero-order valence-corrected chi connectivity index (χ0v) is 18.7. The SMILES string of the molecule is Cc1ccccc1CN1CCC(CN(CC2CCCO2)C2CCN(C)CC2)CC1. The highest BCUT2D eigenvalue weighted by Gasteiger charge is 2.30. The first-order valence-corrected chi connectivity index (χ1v) is 12.0. The van der Waals surface area contributed by atoms with Crippen molar-refractivity contribution in [3.8, 4) is 0 Å². The number of nitrogens with zero attached hydrogens (tertiary/aromatic N) is 3. The average Bonchev–Trinajstić information content (AvgIpc) is 3.24. The summed E-state index contributed by atoms with van der Waals surface area (Å²) in [5.74, 6) is 0.851. The zero-order chi connectivity index (χ0) is 20.1. The molecule has 0 aliphatic carbocycles. The van der Waals surface area contributed by atoms with Gasteiger partial charge in [-0.15, -0.1) is 0 Å². The standard InChI is InChI=1S/C25H41N3O/c1-21-6-3-4-7-23(21)19-27-15-9-22(10-16-27)18-28(20-25-8-5-17-29-25)24-11-13-26(2)14-12-24/h3-4,6-7,22,24-25H,5,8-20H2,1-2H3. The zero-order valence-electron chi connectivity index (χ0n) is 18.7. The van der Waals surface area contributed by atoms with Crippen LogP contribution in [0.2, 0.25) is 0 Å². The van der Waals surface area contributed by atoms with E-state index in [9.17, 15) is 0 Å². The number of piperidine rings is 2. The topological polar surface area (TPSA) is 19.0 Å². The van der Waals surface area contributed by atoms with Crippen LogP contribution in [0.4, 0.5) is 0 Å². The first-order valence-electron chi connectivity index (χ1n) is 12.0. The summed E-state index contributed by atoms with van der Waals surface area (Å²) in [6.45, 7) is 11.8. The summed E-state index contributed by atoms with van der Waals surface area (Å²) in [4.78, 5) is 7.99. The molecule has 0 amide bonds. The Labute approximate surface area is 178 Å². The van der Waals surface area contributed by atoms with Crippen LogP contribution in [0.3, 0.4) is 0 Å². The van der Waals surface area contributed by atoms with Gasteiger partial charge in [-0.25, -0.2) is 0 Å². The smallest absolute Gasteiger partial charge is 0.0702 e. The van der Waals surface area contributed by atoms with Crippen molar-refractivity contribution in [1.82, 2.24) is 14.7 Å². The van der Waals surface area contributed by atoms with Gasteiger partial charge in [-0.3, -0.25) is 9.80 Å². The van der Waals surface area contributed by atoms with E-state index in [0.717, 1.165) is 31.7 Å². The Hall–Kier alpha value is -0.940. The largest absolute Gasteiger partial charge is 0.377 e. The predicted molar refractivity (Wildman–Crippen MR) is 120 cm³/mol. The van der Waals surface area contributed by atoms with Crippen molar-refractivity contribution in [1.29, 1.82) is 0 Å². The van der Waals surface area contributed by atoms with Crippen LogP contribution in [0.5, 0.6) is 0 Å². The molecule has 162 valence electrons. The van der Waals surface area contributed by atoms with Gasteiger partial charge in [0.1, 0.15) is 0 Å². The van der Waals surface area contributed by atoms with E-state index in [0.29, 0.717) is 6.10 Å². The van der Waals surface area contributed by atoms with Crippen molar-refractivity contribution >= 4 is 0 Å². The molecule has 4 nitrogen and oxygen atoms in total. The second kappa shape index (κ2) is 10.4. The van der Waals surface area contributed by atoms with Gasteiger partial charge in [0.25, 0.3) is 0 Å². The number of benzene rings is 1. The lowest BCUT2D eigenvalue weighted by Gasteiger charge is -2.41. The first-order chi connectivity index (χ1) is 14.2. The molecule has 0 N–H and O–H groups in total. The molecular weight excluding hydrogens is 358 g/mol. The highest BCUT2D eigenvalue weighted by atomic mass is 16.5. The molecule has 3 aliphatic heterocycles. The summed E-state index contributed by atoms with van der Waals surface area (Å²) < 4.78 is 6.02. The number of ether oxygens (including phenoxy) is 1. The molecule has 4 rings (SSSR count). The van der Waals surface area contributed by atoms with E-state index >= 15 is 0 Å². The lowest BCUT2D eigenvalue weighted by molar-refractivity contribution is 0.0262. The second-order valence-electron chi connectivity index (χ2n) is 9.77. The quantitative estimate of drug-likeness (QED) is 0.694. The highest BCUT2D eigenvalue weighted by Crippen LogP contribution is 2.26. The summed E-state index contributed by atoms with van der Waals surface area (Å²) in [6, 6.07) is 9.63. The summed E-state index contributed by atoms with van der Waals surface area (Å²) in [6.07, 6.45) is 8.35. The fraction of sp³-hybridized carbons (Fsp3) is 0.760. The van der Waals surface area contributed by atoms with Gasteiger partial charge in [0, 0.05) is 32.3 Å². The maximum atomic E-state index is 6.02. The minimum Gasteiger partial charge on any atom is -0.377 e. The number of hydrogen-bond acceptors (Lipinski definition) is 4. The molecule has 3 saturated heterocycles. The molecule has 0 spiro atoms. The van der Waals surface area contributed by atoms with Gasteiger partial charge < -0.3 is 9.64 Å². The molecule has 0 bridgehead atoms. The van der Waals surface area contributed by atoms with Crippen molar-refractivity contribution in [2.24, 2.45) is 5.92 Å². The molecule has 3 heterocycles. The molecular formula is C25H41N3O. The maximum absolute atomic E-state index is 6.02. The molecule has 1 unspecified atom stereocenters. The summed E-state index contributed by atoms with van der Waals surface area (Å²) in [5, 5.41) is 0. The molecule has 1 aromatic carbocycles. The van der Waals surface area contributed by atoms with Gasteiger partial charge in [0.15, 0.2) is 0 Å². The third-order valence-corrected chi connectivity index (χ3v) is 7.52. The van der Waals surface area contributed by atoms with Crippen LogP contribution in [0.1, 0.15) is 49.7 Å². The van der Waals surface area contributed by atoms with Gasteiger partial charge in [-0.2, -0.15) is 0 Å². The summed E-state index contributed by atoms with van der Waals surface area (Å²) in [5.41, 5.74) is 2.93. The Bertz CT molecular complexity index is 614. The lowest BCUT2D eigenvalue weighted by Crippen LogP contribution is -2.49. The van der Waals surface area contributed by atoms with E-state index in [-0.39, 0.29) is 0 Å². The molecule has 4 heteroatoms. The summed E-state index contributed by atoms with van der Waals surface area (Å²) in [7, 11) is 2.27. The van der Waals surface area contributed by atoms with Crippen molar-refractivity contribution in [2.75, 3.05) is 52.9 Å². The summed E-state index contributed by atoms with van der Waals surface area (Å²) >= 11 is 0. The molecule has 29 heavy (non-hydrogen) atoms. The van der Waals surface area contributed by atoms with Crippen molar-refractivity contribution in [2.45, 2.75) is 64.1 Å². The molecule has 3 fully saturated rings. The second-order valence-corrected chi connectivity index (χ2v) is 9.77. The molecule has 0 radical (unpaired) electrons. The third kappa shape index (κ3) is 6.04. The Kier molecular flexibility index (Phi) is 7.63. The van der Waals surface area contributed by atoms with Gasteiger partial charge >= 0.3 is 0 Å². The molecule has 1 atom stereocenters. The van der Waals surface area contributed by atoms with E-state index in [2.05, 4.69) is 52.9 Å². The van der Waals surface area contributed by atoms with Gasteiger partial charge in [-0.1, -0.05) is 24.3 Å². The van der Waals surface area contributed by atoms with Crippen LogP contribution in [0.15, 0.2) is 24.3 Å². The van der Waals surface area contributed by atoms with E-state index < -0.39 is 0 Å². The fourth-order valence-corrected chi connectivity index (χ4v) is 5.47. The van der Waals surface area contributed by atoms with Gasteiger partial charge in [-0.05, 0) is 95.7 Å². The lowest BCUT2D eigenvalue weighted by atomic mass is 9.93. The highest BCUT2D eigenvalue weighted by molar-refractivity contribution is 5.25. The Morgan fingerprint density at radius 1 is 0.966 bits per heavy atom. The van der Waals surface area contributed by atoms with E-state index in [1.54, 1.807) is 0 Å². The number of hydrogen-bond donors (Lipinski definition) is 0. The normalized spacial score (nSPS) is 25.8. The van der Waals surface area contributed by atoms with Crippen molar-refractivity contribution in [3.63, 3.8) is 0 Å². The van der Waals surface area contributed by atoms with Crippen LogP contribution in [-0.2, 0) is 11.3 Å². The third-order valence-electron chi connectivity index (χ3n) is 7.52. The van der Waals surface area contributed by atoms with Crippen LogP contribution in [-0.4, -0.2) is 79.8 Å². The average molecular weight is 400 g/mol. The van der Waals surface area contributed by atoms with Crippen molar-refractivity contribution in [3.05, 3.63) is 35.4 Å². The fourth-order valence-electron chi connectivity index (χ4n) is 5.47. The minimum atomic E-state index is 0.482. The van der Waals surface area contributed by atoms with E-state index in [1.807, 2.05) is 0 Å². The van der Waals surface area contributed by atoms with Crippen LogP contribution >= 0.6 is 0 Å².